The maximum Gasteiger partial charge on any atom is 0.178 e. The lowest BCUT2D eigenvalue weighted by molar-refractivity contribution is 0.0992. The van der Waals surface area contributed by atoms with Crippen molar-refractivity contribution in [2.24, 2.45) is 0 Å². The van der Waals surface area contributed by atoms with Crippen molar-refractivity contribution in [3.05, 3.63) is 34.9 Å². The van der Waals surface area contributed by atoms with E-state index in [4.69, 9.17) is 4.74 Å². The molecule has 2 atom stereocenters. The number of ether oxygens (including phenoxy) is 1. The molecule has 0 radical (unpaired) electrons. The zero-order valence-corrected chi connectivity index (χ0v) is 12.2. The predicted molar refractivity (Wildman–Crippen MR) is 74.6 cm³/mol. The summed E-state index contributed by atoms with van der Waals surface area (Å²) in [5.74, 6) is 0.347. The Kier molecular flexibility index (Phi) is 5.69. The van der Waals surface area contributed by atoms with Crippen LogP contribution in [0.4, 0.5) is 0 Å². The van der Waals surface area contributed by atoms with Crippen LogP contribution in [0.5, 0.6) is 0 Å². The van der Waals surface area contributed by atoms with E-state index in [-0.39, 0.29) is 5.78 Å². The highest BCUT2D eigenvalue weighted by molar-refractivity contribution is 7.86. The summed E-state index contributed by atoms with van der Waals surface area (Å²) in [7, 11) is 0.379. The Morgan fingerprint density at radius 3 is 2.67 bits per heavy atom. The molecule has 0 aliphatic rings. The molecule has 1 rings (SSSR count). The Balaban J connectivity index is 2.86. The minimum Gasteiger partial charge on any atom is -0.384 e. The normalized spacial score (nSPS) is 14.2. The summed E-state index contributed by atoms with van der Waals surface area (Å²) in [4.78, 5) is 12.3. The van der Waals surface area contributed by atoms with E-state index in [1.807, 2.05) is 32.0 Å². The van der Waals surface area contributed by atoms with Crippen molar-refractivity contribution in [2.75, 3.05) is 19.5 Å². The molecule has 0 N–H and O–H groups in total. The number of methoxy groups -OCH3 is 1. The van der Waals surface area contributed by atoms with Crippen LogP contribution in [0.3, 0.4) is 0 Å². The first-order chi connectivity index (χ1) is 8.47. The molecule has 0 bridgehead atoms. The largest absolute Gasteiger partial charge is 0.384 e. The van der Waals surface area contributed by atoms with Crippen molar-refractivity contribution in [3.63, 3.8) is 0 Å². The van der Waals surface area contributed by atoms with Crippen LogP contribution in [0.2, 0.25) is 0 Å². The molecule has 4 heteroatoms. The molecule has 1 aromatic carbocycles. The zero-order valence-electron chi connectivity index (χ0n) is 11.4. The van der Waals surface area contributed by atoms with Crippen molar-refractivity contribution in [2.45, 2.75) is 26.0 Å². The molecule has 2 unspecified atom stereocenters. The lowest BCUT2D eigenvalue weighted by atomic mass is 10.0. The summed E-state index contributed by atoms with van der Waals surface area (Å²) in [6, 6.07) is 5.76. The second-order valence-corrected chi connectivity index (χ2v) is 6.28. The molecular weight excluding hydrogens is 248 g/mol. The van der Waals surface area contributed by atoms with Crippen molar-refractivity contribution < 1.29 is 13.7 Å². The van der Waals surface area contributed by atoms with Gasteiger partial charge in [-0.3, -0.25) is 9.00 Å². The number of benzene rings is 1. The van der Waals surface area contributed by atoms with Crippen LogP contribution < -0.4 is 0 Å². The summed E-state index contributed by atoms with van der Waals surface area (Å²) < 4.78 is 16.8. The van der Waals surface area contributed by atoms with E-state index in [1.54, 1.807) is 14.0 Å². The standard InChI is InChI=1S/C14H20O3S/c1-10-5-6-11(2)13(9-10)14(15)12(3)18(16)8-7-17-4/h5-6,9,12H,7-8H2,1-4H3. The number of hydrogen-bond donors (Lipinski definition) is 0. The number of carbonyl (C=O) groups excluding carboxylic acids is 1. The third-order valence-corrected chi connectivity index (χ3v) is 4.48. The first-order valence-corrected chi connectivity index (χ1v) is 7.33. The van der Waals surface area contributed by atoms with E-state index < -0.39 is 16.0 Å². The van der Waals surface area contributed by atoms with E-state index in [0.29, 0.717) is 17.9 Å². The van der Waals surface area contributed by atoms with Crippen LogP contribution in [0, 0.1) is 13.8 Å². The minimum atomic E-state index is -1.18. The molecule has 0 aromatic heterocycles. The number of aryl methyl sites for hydroxylation is 2. The Labute approximate surface area is 111 Å². The summed E-state index contributed by atoms with van der Waals surface area (Å²) in [6.45, 7) is 5.98. The van der Waals surface area contributed by atoms with Gasteiger partial charge in [0.2, 0.25) is 0 Å². The molecule has 0 aliphatic carbocycles. The molecule has 0 spiro atoms. The summed E-state index contributed by atoms with van der Waals surface area (Å²) in [5.41, 5.74) is 2.65. The average Bonchev–Trinajstić information content (AvgIpc) is 2.37. The molecule has 0 fully saturated rings. The van der Waals surface area contributed by atoms with Gasteiger partial charge in [0, 0.05) is 29.2 Å². The number of Topliss-reactive ketones (excluding diaryl/α,β-unsaturated/α-hetero) is 1. The molecule has 0 amide bonds. The quantitative estimate of drug-likeness (QED) is 0.743. The second kappa shape index (κ2) is 6.81. The summed E-state index contributed by atoms with van der Waals surface area (Å²) in [6.07, 6.45) is 0. The summed E-state index contributed by atoms with van der Waals surface area (Å²) in [5, 5.41) is -0.486. The maximum absolute atomic E-state index is 12.3. The number of rotatable bonds is 6. The first kappa shape index (κ1) is 15.1. The molecule has 3 nitrogen and oxygen atoms in total. The third kappa shape index (κ3) is 3.75. The molecule has 0 heterocycles. The van der Waals surface area contributed by atoms with Crippen LogP contribution in [-0.4, -0.2) is 34.7 Å². The van der Waals surface area contributed by atoms with Gasteiger partial charge in [-0.15, -0.1) is 0 Å². The average molecular weight is 268 g/mol. The lowest BCUT2D eigenvalue weighted by Gasteiger charge is -2.12. The maximum atomic E-state index is 12.3. The predicted octanol–water partition coefficient (Wildman–Crippen LogP) is 2.27. The van der Waals surface area contributed by atoms with E-state index in [1.165, 1.54) is 0 Å². The Bertz CT molecular complexity index is 454. The van der Waals surface area contributed by atoms with Crippen LogP contribution >= 0.6 is 0 Å². The van der Waals surface area contributed by atoms with E-state index >= 15 is 0 Å². The molecule has 1 aromatic rings. The van der Waals surface area contributed by atoms with Crippen molar-refractivity contribution >= 4 is 16.6 Å². The van der Waals surface area contributed by atoms with Crippen molar-refractivity contribution in [3.8, 4) is 0 Å². The highest BCUT2D eigenvalue weighted by atomic mass is 32.2. The lowest BCUT2D eigenvalue weighted by Crippen LogP contribution is -2.26. The third-order valence-electron chi connectivity index (χ3n) is 2.91. The second-order valence-electron chi connectivity index (χ2n) is 4.40. The molecule has 0 saturated heterocycles. The fourth-order valence-electron chi connectivity index (χ4n) is 1.68. The molecule has 0 aliphatic heterocycles. The number of ketones is 1. The highest BCUT2D eigenvalue weighted by Crippen LogP contribution is 2.15. The SMILES string of the molecule is COCCS(=O)C(C)C(=O)c1cc(C)ccc1C. The van der Waals surface area contributed by atoms with E-state index in [2.05, 4.69) is 0 Å². The van der Waals surface area contributed by atoms with Gasteiger partial charge >= 0.3 is 0 Å². The topological polar surface area (TPSA) is 43.4 Å². The van der Waals surface area contributed by atoms with Gasteiger partial charge in [-0.1, -0.05) is 17.7 Å². The highest BCUT2D eigenvalue weighted by Gasteiger charge is 2.22. The smallest absolute Gasteiger partial charge is 0.178 e. The monoisotopic (exact) mass is 268 g/mol. The van der Waals surface area contributed by atoms with Crippen LogP contribution in [0.25, 0.3) is 0 Å². The van der Waals surface area contributed by atoms with Gasteiger partial charge in [0.1, 0.15) is 0 Å². The van der Waals surface area contributed by atoms with Crippen molar-refractivity contribution in [1.82, 2.24) is 0 Å². The molecule has 0 saturated carbocycles. The van der Waals surface area contributed by atoms with E-state index in [0.717, 1.165) is 11.1 Å². The van der Waals surface area contributed by atoms with Gasteiger partial charge in [-0.25, -0.2) is 0 Å². The Morgan fingerprint density at radius 1 is 1.39 bits per heavy atom. The zero-order chi connectivity index (χ0) is 13.7. The van der Waals surface area contributed by atoms with Crippen LogP contribution in [0.15, 0.2) is 18.2 Å². The Hall–Kier alpha value is -1.00. The van der Waals surface area contributed by atoms with Gasteiger partial charge in [0.15, 0.2) is 5.78 Å². The molecule has 100 valence electrons. The van der Waals surface area contributed by atoms with Gasteiger partial charge in [-0.2, -0.15) is 0 Å². The van der Waals surface area contributed by atoms with Gasteiger partial charge < -0.3 is 4.74 Å². The molecular formula is C14H20O3S. The number of hydrogen-bond acceptors (Lipinski definition) is 3. The van der Waals surface area contributed by atoms with Gasteiger partial charge in [-0.05, 0) is 32.4 Å². The fourth-order valence-corrected chi connectivity index (χ4v) is 2.73. The summed E-state index contributed by atoms with van der Waals surface area (Å²) >= 11 is 0. The number of carbonyl (C=O) groups is 1. The fraction of sp³-hybridized carbons (Fsp3) is 0.500. The Morgan fingerprint density at radius 2 is 2.06 bits per heavy atom. The van der Waals surface area contributed by atoms with Crippen LogP contribution in [0.1, 0.15) is 28.4 Å². The van der Waals surface area contributed by atoms with E-state index in [9.17, 15) is 9.00 Å². The van der Waals surface area contributed by atoms with Crippen LogP contribution in [-0.2, 0) is 15.5 Å². The van der Waals surface area contributed by atoms with Crippen molar-refractivity contribution in [1.29, 1.82) is 0 Å². The molecule has 18 heavy (non-hydrogen) atoms. The first-order valence-electron chi connectivity index (χ1n) is 5.95. The van der Waals surface area contributed by atoms with Gasteiger partial charge in [0.25, 0.3) is 0 Å². The van der Waals surface area contributed by atoms with Gasteiger partial charge in [0.05, 0.1) is 11.9 Å². The minimum absolute atomic E-state index is 0.0503.